The van der Waals surface area contributed by atoms with Crippen LogP contribution in [-0.2, 0) is 0 Å². The van der Waals surface area contributed by atoms with Gasteiger partial charge in [0.1, 0.15) is 17.2 Å². The molecule has 0 radical (unpaired) electrons. The Balaban J connectivity index is 2.07. The van der Waals surface area contributed by atoms with Crippen molar-refractivity contribution in [1.82, 2.24) is 10.2 Å². The lowest BCUT2D eigenvalue weighted by Gasteiger charge is -2.22. The molecule has 0 atom stereocenters. The van der Waals surface area contributed by atoms with Crippen molar-refractivity contribution in [2.45, 2.75) is 12.8 Å². The molecular weight excluding hydrogens is 298 g/mol. The van der Waals surface area contributed by atoms with Gasteiger partial charge >= 0.3 is 5.97 Å². The quantitative estimate of drug-likeness (QED) is 0.880. The van der Waals surface area contributed by atoms with E-state index in [2.05, 4.69) is 15.1 Å². The molecule has 1 aromatic carbocycles. The summed E-state index contributed by atoms with van der Waals surface area (Å²) in [4.78, 5) is 13.3. The lowest BCUT2D eigenvalue weighted by Crippen LogP contribution is -2.18. The number of nitrogens with zero attached hydrogens (tertiary/aromatic N) is 2. The first-order chi connectivity index (χ1) is 11.1. The fourth-order valence-electron chi connectivity index (χ4n) is 2.86. The predicted molar refractivity (Wildman–Crippen MR) is 85.5 cm³/mol. The molecule has 1 saturated heterocycles. The van der Waals surface area contributed by atoms with E-state index in [1.165, 1.54) is 6.07 Å². The van der Waals surface area contributed by atoms with Gasteiger partial charge in [0, 0.05) is 24.7 Å². The number of carboxylic acids is 1. The van der Waals surface area contributed by atoms with Gasteiger partial charge in [-0.2, -0.15) is 5.10 Å². The Morgan fingerprint density at radius 2 is 1.87 bits per heavy atom. The van der Waals surface area contributed by atoms with Gasteiger partial charge < -0.3 is 19.5 Å². The number of aromatic carboxylic acids is 1. The van der Waals surface area contributed by atoms with Crippen LogP contribution >= 0.6 is 0 Å². The van der Waals surface area contributed by atoms with E-state index in [0.717, 1.165) is 37.4 Å². The van der Waals surface area contributed by atoms with Crippen LogP contribution in [0.25, 0.3) is 11.3 Å². The first kappa shape index (κ1) is 15.2. The summed E-state index contributed by atoms with van der Waals surface area (Å²) in [6.45, 7) is 1.98. The van der Waals surface area contributed by atoms with Crippen LogP contribution in [0.2, 0.25) is 0 Å². The summed E-state index contributed by atoms with van der Waals surface area (Å²) in [5.41, 5.74) is 2.21. The predicted octanol–water partition coefficient (Wildman–Crippen LogP) is 2.39. The van der Waals surface area contributed by atoms with Gasteiger partial charge in [-0.1, -0.05) is 0 Å². The third-order valence-corrected chi connectivity index (χ3v) is 4.03. The van der Waals surface area contributed by atoms with Crippen molar-refractivity contribution < 1.29 is 19.4 Å². The van der Waals surface area contributed by atoms with Crippen LogP contribution < -0.4 is 14.4 Å². The minimum Gasteiger partial charge on any atom is -0.496 e. The van der Waals surface area contributed by atoms with E-state index < -0.39 is 5.97 Å². The molecular formula is C16H19N3O4. The number of anilines is 1. The van der Waals surface area contributed by atoms with Crippen LogP contribution in [0.15, 0.2) is 18.2 Å². The second kappa shape index (κ2) is 6.20. The number of H-pyrrole nitrogens is 1. The van der Waals surface area contributed by atoms with Crippen molar-refractivity contribution in [3.05, 3.63) is 23.9 Å². The van der Waals surface area contributed by atoms with Crippen LogP contribution in [0.3, 0.4) is 0 Å². The molecule has 7 heteroatoms. The average molecular weight is 317 g/mol. The summed E-state index contributed by atoms with van der Waals surface area (Å²) in [6, 6.07) is 5.25. The highest BCUT2D eigenvalue weighted by atomic mass is 16.5. The molecule has 0 saturated carbocycles. The fourth-order valence-corrected chi connectivity index (χ4v) is 2.86. The highest BCUT2D eigenvalue weighted by Crippen LogP contribution is 2.41. The number of methoxy groups -OCH3 is 2. The van der Waals surface area contributed by atoms with E-state index in [-0.39, 0.29) is 5.69 Å². The van der Waals surface area contributed by atoms with Crippen molar-refractivity contribution in [2.75, 3.05) is 32.2 Å². The first-order valence-electron chi connectivity index (χ1n) is 7.44. The SMILES string of the molecule is COc1cc(N2CCCC2)c(OC)cc1-c1cc(C(=O)O)[nH]n1. The van der Waals surface area contributed by atoms with Crippen molar-refractivity contribution in [2.24, 2.45) is 0 Å². The van der Waals surface area contributed by atoms with Crippen LogP contribution in [0.5, 0.6) is 11.5 Å². The highest BCUT2D eigenvalue weighted by molar-refractivity contribution is 5.87. The molecule has 0 spiro atoms. The Morgan fingerprint density at radius 1 is 1.17 bits per heavy atom. The number of benzene rings is 1. The molecule has 7 nitrogen and oxygen atoms in total. The second-order valence-electron chi connectivity index (χ2n) is 5.39. The lowest BCUT2D eigenvalue weighted by atomic mass is 10.1. The van der Waals surface area contributed by atoms with Gasteiger partial charge in [0.2, 0.25) is 0 Å². The summed E-state index contributed by atoms with van der Waals surface area (Å²) in [6.07, 6.45) is 2.32. The van der Waals surface area contributed by atoms with E-state index in [1.807, 2.05) is 12.1 Å². The largest absolute Gasteiger partial charge is 0.496 e. The summed E-state index contributed by atoms with van der Waals surface area (Å²) >= 11 is 0. The molecule has 0 amide bonds. The van der Waals surface area contributed by atoms with Crippen LogP contribution in [-0.4, -0.2) is 48.6 Å². The Labute approximate surface area is 133 Å². The monoisotopic (exact) mass is 317 g/mol. The molecule has 1 fully saturated rings. The van der Waals surface area contributed by atoms with Crippen molar-refractivity contribution in [3.63, 3.8) is 0 Å². The molecule has 2 N–H and O–H groups in total. The summed E-state index contributed by atoms with van der Waals surface area (Å²) in [5, 5.41) is 15.6. The van der Waals surface area contributed by atoms with E-state index >= 15 is 0 Å². The molecule has 3 rings (SSSR count). The standard InChI is InChI=1S/C16H19N3O4/c1-22-14-9-13(19-5-3-4-6-19)15(23-2)7-10(14)11-8-12(16(20)21)18-17-11/h7-9H,3-6H2,1-2H3,(H,17,18)(H,20,21). The van der Waals surface area contributed by atoms with Crippen molar-refractivity contribution in [3.8, 4) is 22.8 Å². The minimum absolute atomic E-state index is 0.0321. The summed E-state index contributed by atoms with van der Waals surface area (Å²) in [7, 11) is 3.21. The minimum atomic E-state index is -1.05. The number of aromatic nitrogens is 2. The lowest BCUT2D eigenvalue weighted by molar-refractivity contribution is 0.0690. The summed E-state index contributed by atoms with van der Waals surface area (Å²) < 4.78 is 11.0. The van der Waals surface area contributed by atoms with Crippen LogP contribution in [0, 0.1) is 0 Å². The molecule has 23 heavy (non-hydrogen) atoms. The Morgan fingerprint density at radius 3 is 2.43 bits per heavy atom. The van der Waals surface area contributed by atoms with Gasteiger partial charge in [0.25, 0.3) is 0 Å². The number of nitrogens with one attached hydrogen (secondary N) is 1. The number of aromatic amines is 1. The Hall–Kier alpha value is -2.70. The highest BCUT2D eigenvalue weighted by Gasteiger charge is 2.21. The van der Waals surface area contributed by atoms with Gasteiger partial charge in [0.15, 0.2) is 0 Å². The van der Waals surface area contributed by atoms with Gasteiger partial charge in [-0.15, -0.1) is 0 Å². The molecule has 1 aliphatic rings. The van der Waals surface area contributed by atoms with Gasteiger partial charge in [-0.05, 0) is 25.0 Å². The summed E-state index contributed by atoms with van der Waals surface area (Å²) in [5.74, 6) is 0.307. The number of carboxylic acid groups (broad SMARTS) is 1. The Kier molecular flexibility index (Phi) is 4.10. The Bertz CT molecular complexity index is 720. The maximum atomic E-state index is 11.0. The molecule has 1 aliphatic heterocycles. The third-order valence-electron chi connectivity index (χ3n) is 4.03. The zero-order valence-corrected chi connectivity index (χ0v) is 13.1. The molecule has 0 bridgehead atoms. The molecule has 2 aromatic rings. The van der Waals surface area contributed by atoms with E-state index in [1.54, 1.807) is 14.2 Å². The van der Waals surface area contributed by atoms with Crippen molar-refractivity contribution >= 4 is 11.7 Å². The molecule has 1 aromatic heterocycles. The zero-order valence-electron chi connectivity index (χ0n) is 13.1. The van der Waals surface area contributed by atoms with Crippen molar-refractivity contribution in [1.29, 1.82) is 0 Å². The van der Waals surface area contributed by atoms with Crippen LogP contribution in [0.4, 0.5) is 5.69 Å². The van der Waals surface area contributed by atoms with Gasteiger partial charge in [-0.25, -0.2) is 4.79 Å². The average Bonchev–Trinajstić information content (AvgIpc) is 3.24. The zero-order chi connectivity index (χ0) is 16.4. The topological polar surface area (TPSA) is 87.7 Å². The molecule has 0 unspecified atom stereocenters. The van der Waals surface area contributed by atoms with E-state index in [4.69, 9.17) is 14.6 Å². The molecule has 2 heterocycles. The van der Waals surface area contributed by atoms with Crippen LogP contribution in [0.1, 0.15) is 23.3 Å². The smallest absolute Gasteiger partial charge is 0.353 e. The number of rotatable bonds is 5. The number of hydrogen-bond donors (Lipinski definition) is 2. The normalized spacial score (nSPS) is 14.1. The number of ether oxygens (including phenoxy) is 2. The number of hydrogen-bond acceptors (Lipinski definition) is 5. The number of carbonyl (C=O) groups is 1. The molecule has 122 valence electrons. The van der Waals surface area contributed by atoms with Gasteiger partial charge in [-0.3, -0.25) is 5.10 Å². The maximum absolute atomic E-state index is 11.0. The van der Waals surface area contributed by atoms with E-state index in [0.29, 0.717) is 17.0 Å². The molecule has 0 aliphatic carbocycles. The third kappa shape index (κ3) is 2.81. The first-order valence-corrected chi connectivity index (χ1v) is 7.44. The fraction of sp³-hybridized carbons (Fsp3) is 0.375. The van der Waals surface area contributed by atoms with Gasteiger partial charge in [0.05, 0.1) is 25.6 Å². The second-order valence-corrected chi connectivity index (χ2v) is 5.39. The maximum Gasteiger partial charge on any atom is 0.353 e. The van der Waals surface area contributed by atoms with E-state index in [9.17, 15) is 4.79 Å².